The summed E-state index contributed by atoms with van der Waals surface area (Å²) >= 11 is 0. The summed E-state index contributed by atoms with van der Waals surface area (Å²) in [5, 5.41) is 6.54. The summed E-state index contributed by atoms with van der Waals surface area (Å²) in [4.78, 5) is 16.1. The molecule has 0 bridgehead atoms. The van der Waals surface area contributed by atoms with Crippen molar-refractivity contribution in [1.29, 1.82) is 0 Å². The molecule has 0 radical (unpaired) electrons. The molecule has 0 spiro atoms. The van der Waals surface area contributed by atoms with Crippen molar-refractivity contribution in [3.8, 4) is 0 Å². The molecule has 1 aliphatic rings. The number of imidazole rings is 1. The Morgan fingerprint density at radius 3 is 3.21 bits per heavy atom. The van der Waals surface area contributed by atoms with Crippen LogP contribution in [0.25, 0.3) is 11.2 Å². The normalized spacial score (nSPS) is 19.5. The largest absolute Gasteiger partial charge is 0.379 e. The first-order valence-electron chi connectivity index (χ1n) is 6.66. The van der Waals surface area contributed by atoms with Gasteiger partial charge >= 0.3 is 0 Å². The molecule has 1 unspecified atom stereocenters. The monoisotopic (exact) mass is 262 g/mol. The average Bonchev–Trinajstić information content (AvgIpc) is 2.89. The molecule has 1 fully saturated rings. The van der Waals surface area contributed by atoms with E-state index in [4.69, 9.17) is 4.74 Å². The van der Waals surface area contributed by atoms with Crippen molar-refractivity contribution in [3.63, 3.8) is 0 Å². The number of hydrogen-bond donors (Lipinski definition) is 3. The second-order valence-electron chi connectivity index (χ2n) is 4.59. The fourth-order valence-electron chi connectivity index (χ4n) is 2.22. The minimum Gasteiger partial charge on any atom is -0.379 e. The van der Waals surface area contributed by atoms with Crippen molar-refractivity contribution in [2.75, 3.05) is 30.4 Å². The summed E-state index contributed by atoms with van der Waals surface area (Å²) in [6.07, 6.45) is 3.81. The maximum Gasteiger partial charge on any atom is 0.226 e. The topological polar surface area (TPSA) is 87.8 Å². The number of anilines is 2. The van der Waals surface area contributed by atoms with E-state index in [0.29, 0.717) is 17.6 Å². The Kier molecular flexibility index (Phi) is 3.45. The summed E-state index contributed by atoms with van der Waals surface area (Å²) in [5.41, 5.74) is 1.51. The van der Waals surface area contributed by atoms with Crippen molar-refractivity contribution < 1.29 is 4.74 Å². The number of ether oxygens (including phenoxy) is 1. The lowest BCUT2D eigenvalue weighted by Crippen LogP contribution is -2.30. The van der Waals surface area contributed by atoms with Crippen LogP contribution in [0.2, 0.25) is 0 Å². The zero-order valence-corrected chi connectivity index (χ0v) is 10.9. The summed E-state index contributed by atoms with van der Waals surface area (Å²) < 4.78 is 5.48. The number of fused-ring (bicyclic) bond motifs is 1. The van der Waals surface area contributed by atoms with Gasteiger partial charge in [-0.15, -0.1) is 0 Å². The number of nitrogens with one attached hydrogen (secondary N) is 3. The van der Waals surface area contributed by atoms with Gasteiger partial charge in [-0.3, -0.25) is 0 Å². The van der Waals surface area contributed by atoms with E-state index in [1.807, 2.05) is 6.92 Å². The van der Waals surface area contributed by atoms with Crippen molar-refractivity contribution in [2.24, 2.45) is 0 Å². The van der Waals surface area contributed by atoms with E-state index in [1.165, 1.54) is 0 Å². The fourth-order valence-corrected chi connectivity index (χ4v) is 2.22. The van der Waals surface area contributed by atoms with Crippen LogP contribution >= 0.6 is 0 Å². The first-order chi connectivity index (χ1) is 9.36. The van der Waals surface area contributed by atoms with Gasteiger partial charge in [0.15, 0.2) is 11.5 Å². The average molecular weight is 262 g/mol. The number of hydrogen-bond acceptors (Lipinski definition) is 6. The summed E-state index contributed by atoms with van der Waals surface area (Å²) in [5.74, 6) is 1.38. The Labute approximate surface area is 111 Å². The van der Waals surface area contributed by atoms with Gasteiger partial charge in [0.25, 0.3) is 0 Å². The van der Waals surface area contributed by atoms with Crippen LogP contribution in [0, 0.1) is 0 Å². The highest BCUT2D eigenvalue weighted by Crippen LogP contribution is 2.21. The molecule has 0 aliphatic carbocycles. The van der Waals surface area contributed by atoms with E-state index in [-0.39, 0.29) is 0 Å². The van der Waals surface area contributed by atoms with Crippen molar-refractivity contribution in [2.45, 2.75) is 25.8 Å². The molecule has 1 aliphatic heterocycles. The molecule has 0 saturated carbocycles. The molecule has 2 aromatic heterocycles. The van der Waals surface area contributed by atoms with Gasteiger partial charge in [0.1, 0.15) is 5.52 Å². The zero-order chi connectivity index (χ0) is 13.1. The Morgan fingerprint density at radius 2 is 2.42 bits per heavy atom. The van der Waals surface area contributed by atoms with Crippen LogP contribution in [-0.2, 0) is 4.74 Å². The van der Waals surface area contributed by atoms with Gasteiger partial charge in [-0.25, -0.2) is 4.98 Å². The molecule has 7 nitrogen and oxygen atoms in total. The van der Waals surface area contributed by atoms with Gasteiger partial charge in [-0.1, -0.05) is 0 Å². The molecular weight excluding hydrogens is 244 g/mol. The number of rotatable bonds is 4. The van der Waals surface area contributed by atoms with E-state index >= 15 is 0 Å². The van der Waals surface area contributed by atoms with Crippen molar-refractivity contribution >= 4 is 22.9 Å². The lowest BCUT2D eigenvalue weighted by molar-refractivity contribution is 0.0875. The SMILES string of the molecule is CCNc1nc(NC2CCCOC2)c2[nH]cnc2n1. The summed E-state index contributed by atoms with van der Waals surface area (Å²) in [6.45, 7) is 4.36. The number of nitrogens with zero attached hydrogens (tertiary/aromatic N) is 3. The molecule has 1 saturated heterocycles. The lowest BCUT2D eigenvalue weighted by Gasteiger charge is -2.23. The highest BCUT2D eigenvalue weighted by Gasteiger charge is 2.17. The second kappa shape index (κ2) is 5.40. The molecule has 19 heavy (non-hydrogen) atoms. The van der Waals surface area contributed by atoms with Gasteiger partial charge in [0, 0.05) is 13.2 Å². The van der Waals surface area contributed by atoms with Crippen LogP contribution in [0.4, 0.5) is 11.8 Å². The molecule has 102 valence electrons. The Morgan fingerprint density at radius 1 is 1.47 bits per heavy atom. The van der Waals surface area contributed by atoms with Crippen LogP contribution in [0.1, 0.15) is 19.8 Å². The second-order valence-corrected chi connectivity index (χ2v) is 4.59. The number of H-pyrrole nitrogens is 1. The highest BCUT2D eigenvalue weighted by atomic mass is 16.5. The summed E-state index contributed by atoms with van der Waals surface area (Å²) in [6, 6.07) is 0.296. The smallest absolute Gasteiger partial charge is 0.226 e. The van der Waals surface area contributed by atoms with Crippen LogP contribution in [0.5, 0.6) is 0 Å². The van der Waals surface area contributed by atoms with E-state index in [2.05, 4.69) is 30.6 Å². The standard InChI is InChI=1S/C12H18N6O/c1-2-13-12-17-10-9(14-7-15-10)11(18-12)16-8-4-3-5-19-6-8/h7-8H,2-6H2,1H3,(H3,13,14,15,16,17,18). The zero-order valence-electron chi connectivity index (χ0n) is 10.9. The third-order valence-corrected chi connectivity index (χ3v) is 3.12. The predicted molar refractivity (Wildman–Crippen MR) is 73.3 cm³/mol. The first kappa shape index (κ1) is 12.2. The molecule has 1 atom stereocenters. The molecular formula is C12H18N6O. The number of aromatic amines is 1. The first-order valence-corrected chi connectivity index (χ1v) is 6.66. The maximum atomic E-state index is 5.48. The molecule has 3 N–H and O–H groups in total. The molecule has 0 amide bonds. The Hall–Kier alpha value is -1.89. The van der Waals surface area contributed by atoms with E-state index < -0.39 is 0 Å². The van der Waals surface area contributed by atoms with Crippen LogP contribution < -0.4 is 10.6 Å². The van der Waals surface area contributed by atoms with Crippen molar-refractivity contribution in [3.05, 3.63) is 6.33 Å². The molecule has 0 aromatic carbocycles. The Bertz CT molecular complexity index is 548. The minimum absolute atomic E-state index is 0.296. The van der Waals surface area contributed by atoms with Gasteiger partial charge in [0.2, 0.25) is 5.95 Å². The van der Waals surface area contributed by atoms with Gasteiger partial charge in [0.05, 0.1) is 19.0 Å². The number of aromatic nitrogens is 4. The quantitative estimate of drug-likeness (QED) is 0.771. The minimum atomic E-state index is 0.296. The summed E-state index contributed by atoms with van der Waals surface area (Å²) in [7, 11) is 0. The van der Waals surface area contributed by atoms with E-state index in [0.717, 1.165) is 43.9 Å². The molecule has 3 heterocycles. The van der Waals surface area contributed by atoms with Crippen LogP contribution in [0.15, 0.2) is 6.33 Å². The van der Waals surface area contributed by atoms with Gasteiger partial charge < -0.3 is 20.4 Å². The predicted octanol–water partition coefficient (Wildman–Crippen LogP) is 1.38. The molecule has 7 heteroatoms. The maximum absolute atomic E-state index is 5.48. The molecule has 2 aromatic rings. The molecule has 3 rings (SSSR count). The van der Waals surface area contributed by atoms with Crippen LogP contribution in [0.3, 0.4) is 0 Å². The third-order valence-electron chi connectivity index (χ3n) is 3.12. The van der Waals surface area contributed by atoms with E-state index in [1.54, 1.807) is 6.33 Å². The van der Waals surface area contributed by atoms with Gasteiger partial charge in [-0.2, -0.15) is 9.97 Å². The Balaban J connectivity index is 1.88. The lowest BCUT2D eigenvalue weighted by atomic mass is 10.1. The van der Waals surface area contributed by atoms with Crippen LogP contribution in [-0.4, -0.2) is 45.7 Å². The van der Waals surface area contributed by atoms with E-state index in [9.17, 15) is 0 Å². The van der Waals surface area contributed by atoms with Crippen molar-refractivity contribution in [1.82, 2.24) is 19.9 Å². The van der Waals surface area contributed by atoms with Gasteiger partial charge in [-0.05, 0) is 19.8 Å². The highest BCUT2D eigenvalue weighted by molar-refractivity contribution is 5.83. The fraction of sp³-hybridized carbons (Fsp3) is 0.583. The third kappa shape index (κ3) is 2.60.